The normalized spacial score (nSPS) is 36.4. The molecule has 9 atom stereocenters. The Balaban J connectivity index is 1.14. The lowest BCUT2D eigenvalue weighted by atomic mass is 9.45. The van der Waals surface area contributed by atoms with Crippen LogP contribution in [0.15, 0.2) is 42.5 Å². The Hall–Kier alpha value is -2.65. The molecule has 9 unspecified atom stereocenters. The van der Waals surface area contributed by atoms with E-state index in [-0.39, 0.29) is 33.9 Å². The number of carbonyl (C=O) groups excluding carboxylic acids is 1. The van der Waals surface area contributed by atoms with Crippen molar-refractivity contribution < 1.29 is 23.1 Å². The van der Waals surface area contributed by atoms with Gasteiger partial charge in [0.1, 0.15) is 0 Å². The third-order valence-corrected chi connectivity index (χ3v) is 17.0. The second-order valence-electron chi connectivity index (χ2n) is 18.8. The maximum absolute atomic E-state index is 13.6. The monoisotopic (exact) mass is 749 g/mol. The highest BCUT2D eigenvalue weighted by Gasteiger charge is 2.58. The molecule has 3 saturated carbocycles. The van der Waals surface area contributed by atoms with Crippen molar-refractivity contribution in [3.8, 4) is 0 Å². The number of nitrogens with one attached hydrogen (secondary N) is 2. The van der Waals surface area contributed by atoms with Crippen molar-refractivity contribution in [1.82, 2.24) is 15.5 Å². The van der Waals surface area contributed by atoms with Gasteiger partial charge in [0, 0.05) is 25.2 Å². The fourth-order valence-electron chi connectivity index (χ4n) is 12.6. The van der Waals surface area contributed by atoms with Crippen molar-refractivity contribution in [1.29, 1.82) is 0 Å². The molecule has 0 bridgehead atoms. The van der Waals surface area contributed by atoms with Crippen molar-refractivity contribution in [3.63, 3.8) is 0 Å². The van der Waals surface area contributed by atoms with Gasteiger partial charge in [0.2, 0.25) is 0 Å². The van der Waals surface area contributed by atoms with E-state index >= 15 is 0 Å². The second kappa shape index (κ2) is 15.5. The number of rotatable bonds is 11. The predicted molar refractivity (Wildman–Crippen MR) is 214 cm³/mol. The van der Waals surface area contributed by atoms with Crippen LogP contribution in [0, 0.1) is 52.3 Å². The highest BCUT2D eigenvalue weighted by Crippen LogP contribution is 2.64. The minimum Gasteiger partial charge on any atom is -0.478 e. The Bertz CT molecular complexity index is 1660. The number of benzene rings is 1. The van der Waals surface area contributed by atoms with E-state index in [0.717, 1.165) is 50.6 Å². The summed E-state index contributed by atoms with van der Waals surface area (Å²) >= 11 is 0. The number of hydrogen-bond donors (Lipinski definition) is 3. The van der Waals surface area contributed by atoms with Crippen molar-refractivity contribution >= 4 is 27.4 Å². The zero-order chi connectivity index (χ0) is 38.3. The van der Waals surface area contributed by atoms with Crippen LogP contribution in [0.4, 0.5) is 4.79 Å². The molecule has 1 aliphatic heterocycles. The number of aromatic carboxylic acids is 1. The highest BCUT2D eigenvalue weighted by molar-refractivity contribution is 7.91. The molecule has 9 heteroatoms. The molecule has 0 radical (unpaired) electrons. The highest BCUT2D eigenvalue weighted by atomic mass is 32.2. The number of urea groups is 1. The van der Waals surface area contributed by atoms with Gasteiger partial charge in [-0.25, -0.2) is 18.0 Å². The minimum absolute atomic E-state index is 0.0222. The van der Waals surface area contributed by atoms with Crippen LogP contribution in [0.2, 0.25) is 0 Å². The number of amides is 2. The van der Waals surface area contributed by atoms with Gasteiger partial charge in [-0.05, 0) is 147 Å². The predicted octanol–water partition coefficient (Wildman–Crippen LogP) is 8.45. The van der Waals surface area contributed by atoms with E-state index in [2.05, 4.69) is 69.7 Å². The van der Waals surface area contributed by atoms with Crippen LogP contribution < -0.4 is 10.6 Å². The Morgan fingerprint density at radius 2 is 1.64 bits per heavy atom. The van der Waals surface area contributed by atoms with Crippen LogP contribution in [0.1, 0.15) is 122 Å². The average molecular weight is 750 g/mol. The summed E-state index contributed by atoms with van der Waals surface area (Å²) in [4.78, 5) is 27.3. The molecule has 4 aliphatic carbocycles. The average Bonchev–Trinajstić information content (AvgIpc) is 3.47. The summed E-state index contributed by atoms with van der Waals surface area (Å²) in [5.41, 5.74) is 4.04. The quantitative estimate of drug-likeness (QED) is 0.155. The Kier molecular flexibility index (Phi) is 11.7. The summed E-state index contributed by atoms with van der Waals surface area (Å²) in [7, 11) is -2.89. The fraction of sp³-hybridized carbons (Fsp3) is 0.727. The van der Waals surface area contributed by atoms with Gasteiger partial charge in [-0.2, -0.15) is 0 Å². The Labute approximate surface area is 319 Å². The molecule has 1 saturated heterocycles. The SMILES string of the molecule is C=C(C)C1CCC2(NC(=O)NCCCN3CCS(=O)(=O)CC3)CCC(C)C(CCC3C(C)CCC4C(C)(C)C(c5ccc(C(=O)O)cc5)=CCC34C)C12. The van der Waals surface area contributed by atoms with Crippen LogP contribution in [0.3, 0.4) is 0 Å². The Morgan fingerprint density at radius 1 is 0.962 bits per heavy atom. The molecule has 2 amide bonds. The van der Waals surface area contributed by atoms with Crippen molar-refractivity contribution in [2.45, 2.75) is 111 Å². The smallest absolute Gasteiger partial charge is 0.335 e. The lowest BCUT2D eigenvalue weighted by molar-refractivity contribution is -0.0544. The summed E-state index contributed by atoms with van der Waals surface area (Å²) in [5, 5.41) is 16.2. The lowest BCUT2D eigenvalue weighted by Gasteiger charge is -2.59. The van der Waals surface area contributed by atoms with E-state index in [1.54, 1.807) is 12.1 Å². The maximum Gasteiger partial charge on any atom is 0.335 e. The molecule has 3 N–H and O–H groups in total. The molecule has 0 aromatic heterocycles. The number of allylic oxidation sites excluding steroid dienone is 3. The fourth-order valence-corrected chi connectivity index (χ4v) is 13.8. The van der Waals surface area contributed by atoms with Crippen LogP contribution in [0.5, 0.6) is 0 Å². The first kappa shape index (κ1) is 40.0. The van der Waals surface area contributed by atoms with Crippen molar-refractivity contribution in [2.24, 2.45) is 52.3 Å². The summed E-state index contributed by atoms with van der Waals surface area (Å²) in [6, 6.07) is 7.42. The molecule has 1 heterocycles. The topological polar surface area (TPSA) is 116 Å². The standard InChI is InChI=1S/C44H67N3O5S/c1-29(2)34-18-22-44(46-41(50)45-23-8-24-47-25-27-53(51,52)28-26-47)21-17-30(3)35(39(34)44)14-15-36-31(4)9-16-38-42(5,6)37(19-20-43(36,38)7)32-10-12-33(13-11-32)40(48)49/h10-13,19,30-31,34-36,38-39H,1,8-9,14-18,20-28H2,2-7H3,(H,48,49)(H2,45,46,50). The number of carbonyl (C=O) groups is 2. The summed E-state index contributed by atoms with van der Waals surface area (Å²) < 4.78 is 23.6. The van der Waals surface area contributed by atoms with Gasteiger partial charge in [-0.1, -0.05) is 71.4 Å². The van der Waals surface area contributed by atoms with Gasteiger partial charge in [0.05, 0.1) is 17.1 Å². The molecule has 0 spiro atoms. The Morgan fingerprint density at radius 3 is 2.30 bits per heavy atom. The summed E-state index contributed by atoms with van der Waals surface area (Å²) in [5.74, 6) is 3.30. The van der Waals surface area contributed by atoms with Crippen LogP contribution in [-0.2, 0) is 9.84 Å². The molecule has 8 nitrogen and oxygen atoms in total. The van der Waals surface area contributed by atoms with Gasteiger partial charge in [0.25, 0.3) is 0 Å². The number of nitrogens with zero attached hydrogens (tertiary/aromatic N) is 1. The molecule has 53 heavy (non-hydrogen) atoms. The number of carboxylic acids is 1. The van der Waals surface area contributed by atoms with Gasteiger partial charge < -0.3 is 20.6 Å². The number of carboxylic acid groups (broad SMARTS) is 1. The van der Waals surface area contributed by atoms with Gasteiger partial charge >= 0.3 is 12.0 Å². The molecule has 6 rings (SSSR count). The van der Waals surface area contributed by atoms with Crippen molar-refractivity contribution in [2.75, 3.05) is 37.7 Å². The number of fused-ring (bicyclic) bond motifs is 2. The van der Waals surface area contributed by atoms with E-state index < -0.39 is 15.8 Å². The largest absolute Gasteiger partial charge is 0.478 e. The third-order valence-electron chi connectivity index (χ3n) is 15.4. The van der Waals surface area contributed by atoms with E-state index in [9.17, 15) is 23.1 Å². The maximum atomic E-state index is 13.6. The van der Waals surface area contributed by atoms with Gasteiger partial charge in [0.15, 0.2) is 9.84 Å². The second-order valence-corrected chi connectivity index (χ2v) is 21.1. The van der Waals surface area contributed by atoms with Crippen LogP contribution in [0.25, 0.3) is 5.57 Å². The van der Waals surface area contributed by atoms with Crippen LogP contribution in [-0.4, -0.2) is 73.6 Å². The van der Waals surface area contributed by atoms with Gasteiger partial charge in [-0.15, -0.1) is 0 Å². The first-order valence-corrected chi connectivity index (χ1v) is 22.5. The molecular weight excluding hydrogens is 683 g/mol. The molecule has 4 fully saturated rings. The van der Waals surface area contributed by atoms with E-state index in [1.165, 1.54) is 36.8 Å². The lowest BCUT2D eigenvalue weighted by Crippen LogP contribution is -2.59. The molecule has 5 aliphatic rings. The van der Waals surface area contributed by atoms with Gasteiger partial charge in [-0.3, -0.25) is 0 Å². The first-order valence-electron chi connectivity index (χ1n) is 20.7. The molecular formula is C44H67N3O5S. The molecule has 1 aromatic rings. The summed E-state index contributed by atoms with van der Waals surface area (Å²) in [6.45, 7) is 21.6. The van der Waals surface area contributed by atoms with E-state index in [0.29, 0.717) is 66.6 Å². The van der Waals surface area contributed by atoms with E-state index in [4.69, 9.17) is 0 Å². The minimum atomic E-state index is -2.89. The summed E-state index contributed by atoms with van der Waals surface area (Å²) in [6.07, 6.45) is 13.4. The van der Waals surface area contributed by atoms with E-state index in [1.807, 2.05) is 12.1 Å². The van der Waals surface area contributed by atoms with Crippen LogP contribution >= 0.6 is 0 Å². The number of hydrogen-bond acceptors (Lipinski definition) is 5. The number of sulfone groups is 1. The zero-order valence-electron chi connectivity index (χ0n) is 33.4. The molecule has 294 valence electrons. The third kappa shape index (κ3) is 8.03. The zero-order valence-corrected chi connectivity index (χ0v) is 34.2. The first-order chi connectivity index (χ1) is 25.0. The van der Waals surface area contributed by atoms with Crippen molar-refractivity contribution in [3.05, 3.63) is 53.6 Å². The molecule has 1 aromatic carbocycles.